The summed E-state index contributed by atoms with van der Waals surface area (Å²) in [6.07, 6.45) is 0.843. The van der Waals surface area contributed by atoms with Gasteiger partial charge in [-0.15, -0.1) is 0 Å². The normalized spacial score (nSPS) is 12.0. The Morgan fingerprint density at radius 3 is 2.33 bits per heavy atom. The van der Waals surface area contributed by atoms with E-state index in [-0.39, 0.29) is 37.4 Å². The number of hydrogen-bond donors (Lipinski definition) is 1. The van der Waals surface area contributed by atoms with Crippen LogP contribution < -0.4 is 10.1 Å². The third-order valence-corrected chi connectivity index (χ3v) is 6.83. The molecule has 0 spiro atoms. The molecule has 2 aromatic carbocycles. The maximum Gasteiger partial charge on any atom is 0.308 e. The molecule has 8 nitrogen and oxygen atoms in total. The van der Waals surface area contributed by atoms with E-state index < -0.39 is 6.04 Å². The average Bonchev–Trinajstić information content (AvgIpc) is 3.24. The molecule has 0 bridgehead atoms. The lowest BCUT2D eigenvalue weighted by atomic mass is 10.0. The fourth-order valence-electron chi connectivity index (χ4n) is 4.97. The summed E-state index contributed by atoms with van der Waals surface area (Å²) < 4.78 is 12.8. The highest BCUT2D eigenvalue weighted by molar-refractivity contribution is 5.81. The van der Waals surface area contributed by atoms with Crippen LogP contribution in [0.2, 0.25) is 0 Å². The lowest BCUT2D eigenvalue weighted by Gasteiger charge is -2.20. The van der Waals surface area contributed by atoms with Gasteiger partial charge in [0.2, 0.25) is 5.91 Å². The molecule has 1 N–H and O–H groups in total. The fourth-order valence-corrected chi connectivity index (χ4v) is 4.97. The zero-order valence-corrected chi connectivity index (χ0v) is 24.2. The second kappa shape index (κ2) is 12.8. The van der Waals surface area contributed by atoms with Crippen molar-refractivity contribution in [2.75, 3.05) is 6.61 Å². The van der Waals surface area contributed by atoms with Crippen LogP contribution in [0.4, 0.5) is 0 Å². The highest BCUT2D eigenvalue weighted by atomic mass is 16.5. The first-order chi connectivity index (χ1) is 19.2. The van der Waals surface area contributed by atoms with Crippen LogP contribution in [0.25, 0.3) is 16.8 Å². The van der Waals surface area contributed by atoms with E-state index >= 15 is 0 Å². The van der Waals surface area contributed by atoms with Crippen LogP contribution in [0.1, 0.15) is 67.9 Å². The number of carbonyl (C=O) groups excluding carboxylic acids is 2. The number of hydrogen-bond acceptors (Lipinski definition) is 6. The van der Waals surface area contributed by atoms with Crippen LogP contribution in [0.5, 0.6) is 5.75 Å². The molecule has 210 valence electrons. The molecule has 0 aliphatic heterocycles. The van der Waals surface area contributed by atoms with Crippen LogP contribution in [-0.4, -0.2) is 39.2 Å². The summed E-state index contributed by atoms with van der Waals surface area (Å²) in [6.45, 7) is 12.0. The van der Waals surface area contributed by atoms with Crippen molar-refractivity contribution in [2.45, 2.75) is 73.0 Å². The van der Waals surface area contributed by atoms with E-state index in [1.807, 2.05) is 81.6 Å². The summed E-state index contributed by atoms with van der Waals surface area (Å²) >= 11 is 0. The van der Waals surface area contributed by atoms with Crippen molar-refractivity contribution in [2.24, 2.45) is 0 Å². The molecule has 0 saturated carbocycles. The van der Waals surface area contributed by atoms with Gasteiger partial charge in [-0.1, -0.05) is 42.5 Å². The summed E-state index contributed by atoms with van der Waals surface area (Å²) in [4.78, 5) is 30.4. The number of benzene rings is 2. The number of nitrogens with one attached hydrogen (secondary N) is 1. The Morgan fingerprint density at radius 1 is 0.975 bits per heavy atom. The first-order valence-corrected chi connectivity index (χ1v) is 13.8. The van der Waals surface area contributed by atoms with E-state index in [9.17, 15) is 9.59 Å². The Morgan fingerprint density at radius 2 is 1.68 bits per heavy atom. The second-order valence-corrected chi connectivity index (χ2v) is 10.2. The highest BCUT2D eigenvalue weighted by Crippen LogP contribution is 2.29. The molecule has 0 radical (unpaired) electrons. The first-order valence-electron chi connectivity index (χ1n) is 13.8. The third-order valence-electron chi connectivity index (χ3n) is 6.83. The van der Waals surface area contributed by atoms with E-state index in [0.717, 1.165) is 50.7 Å². The summed E-state index contributed by atoms with van der Waals surface area (Å²) in [6, 6.07) is 17.1. The van der Waals surface area contributed by atoms with Gasteiger partial charge in [0, 0.05) is 23.4 Å². The molecular formula is C32H38N4O4. The van der Waals surface area contributed by atoms with Gasteiger partial charge in [0.15, 0.2) is 5.65 Å². The summed E-state index contributed by atoms with van der Waals surface area (Å²) in [5.74, 6) is 0.218. The number of amides is 1. The molecule has 1 amide bonds. The molecule has 1 atom stereocenters. The van der Waals surface area contributed by atoms with Crippen molar-refractivity contribution in [1.29, 1.82) is 0 Å². The Hall–Kier alpha value is -4.20. The predicted octanol–water partition coefficient (Wildman–Crippen LogP) is 5.85. The largest absolute Gasteiger partial charge is 0.491 e. The molecular weight excluding hydrogens is 504 g/mol. The molecule has 0 aliphatic rings. The number of ether oxygens (including phenoxy) is 2. The monoisotopic (exact) mass is 542 g/mol. The van der Waals surface area contributed by atoms with Crippen molar-refractivity contribution in [3.63, 3.8) is 0 Å². The number of aromatic nitrogens is 3. The van der Waals surface area contributed by atoms with Crippen molar-refractivity contribution in [3.8, 4) is 16.9 Å². The molecule has 8 heteroatoms. The van der Waals surface area contributed by atoms with Crippen LogP contribution in [0.15, 0.2) is 54.6 Å². The third kappa shape index (κ3) is 6.68. The SMILES string of the molecule is CCOC(=O)C[C@H](NC(=O)CCc1c(C)nc2c(-c3ccccc3)c(C)nn2c1C)c1ccc(OC(C)C)cc1. The van der Waals surface area contributed by atoms with Crippen LogP contribution in [-0.2, 0) is 20.7 Å². The average molecular weight is 543 g/mol. The molecule has 0 fully saturated rings. The first kappa shape index (κ1) is 28.8. The van der Waals surface area contributed by atoms with Crippen molar-refractivity contribution < 1.29 is 19.1 Å². The Kier molecular flexibility index (Phi) is 9.19. The zero-order chi connectivity index (χ0) is 28.8. The minimum absolute atomic E-state index is 0.0460. The number of nitrogens with zero attached hydrogens (tertiary/aromatic N) is 3. The van der Waals surface area contributed by atoms with Gasteiger partial charge >= 0.3 is 5.97 Å². The van der Waals surface area contributed by atoms with Crippen molar-refractivity contribution in [3.05, 3.63) is 82.8 Å². The van der Waals surface area contributed by atoms with Crippen molar-refractivity contribution in [1.82, 2.24) is 19.9 Å². The van der Waals surface area contributed by atoms with Gasteiger partial charge in [-0.25, -0.2) is 9.50 Å². The standard InChI is InChI=1S/C32H38N4O4/c1-7-39-30(38)19-28(24-13-15-26(16-14-24)40-20(2)3)34-29(37)18-17-27-21(4)33-32-31(25-11-9-8-10-12-25)22(5)35-36(32)23(27)6/h8-16,20,28H,7,17-19H2,1-6H3,(H,34,37)/t28-/m0/s1. The van der Waals surface area contributed by atoms with Gasteiger partial charge < -0.3 is 14.8 Å². The van der Waals surface area contributed by atoms with Gasteiger partial charge in [-0.2, -0.15) is 5.10 Å². The summed E-state index contributed by atoms with van der Waals surface area (Å²) in [7, 11) is 0. The van der Waals surface area contributed by atoms with E-state index in [1.54, 1.807) is 6.92 Å². The van der Waals surface area contributed by atoms with Gasteiger partial charge in [0.05, 0.1) is 30.9 Å². The number of aryl methyl sites for hydroxylation is 3. The van der Waals surface area contributed by atoms with E-state index in [1.165, 1.54) is 0 Å². The number of rotatable bonds is 11. The Balaban J connectivity index is 1.52. The van der Waals surface area contributed by atoms with Crippen LogP contribution >= 0.6 is 0 Å². The van der Waals surface area contributed by atoms with Gasteiger partial charge in [0.1, 0.15) is 5.75 Å². The van der Waals surface area contributed by atoms with Crippen molar-refractivity contribution >= 4 is 17.5 Å². The van der Waals surface area contributed by atoms with Gasteiger partial charge in [-0.3, -0.25) is 9.59 Å². The van der Waals surface area contributed by atoms with E-state index in [4.69, 9.17) is 19.6 Å². The number of carbonyl (C=O) groups is 2. The molecule has 40 heavy (non-hydrogen) atoms. The second-order valence-electron chi connectivity index (χ2n) is 10.2. The topological polar surface area (TPSA) is 94.8 Å². The highest BCUT2D eigenvalue weighted by Gasteiger charge is 2.22. The molecule has 0 aliphatic carbocycles. The molecule has 4 rings (SSSR count). The molecule has 4 aromatic rings. The summed E-state index contributed by atoms with van der Waals surface area (Å²) in [5, 5.41) is 7.81. The Labute approximate surface area is 235 Å². The fraction of sp³-hybridized carbons (Fsp3) is 0.375. The smallest absolute Gasteiger partial charge is 0.308 e. The Bertz CT molecular complexity index is 1480. The predicted molar refractivity (Wildman–Crippen MR) is 155 cm³/mol. The quantitative estimate of drug-likeness (QED) is 0.239. The lowest BCUT2D eigenvalue weighted by molar-refractivity contribution is -0.143. The maximum absolute atomic E-state index is 13.2. The van der Waals surface area contributed by atoms with E-state index in [0.29, 0.717) is 6.42 Å². The molecule has 2 aromatic heterocycles. The summed E-state index contributed by atoms with van der Waals surface area (Å²) in [5.41, 5.74) is 7.44. The van der Waals surface area contributed by atoms with Crippen LogP contribution in [0, 0.1) is 20.8 Å². The molecule has 0 saturated heterocycles. The number of esters is 1. The minimum atomic E-state index is -0.510. The maximum atomic E-state index is 13.2. The zero-order valence-electron chi connectivity index (χ0n) is 24.2. The lowest BCUT2D eigenvalue weighted by Crippen LogP contribution is -2.31. The number of fused-ring (bicyclic) bond motifs is 1. The minimum Gasteiger partial charge on any atom is -0.491 e. The van der Waals surface area contributed by atoms with Gasteiger partial charge in [0.25, 0.3) is 0 Å². The van der Waals surface area contributed by atoms with Crippen LogP contribution in [0.3, 0.4) is 0 Å². The molecule has 2 heterocycles. The molecule has 0 unspecified atom stereocenters. The van der Waals surface area contributed by atoms with E-state index in [2.05, 4.69) is 17.4 Å². The van der Waals surface area contributed by atoms with Gasteiger partial charge in [-0.05, 0) is 76.8 Å².